The van der Waals surface area contributed by atoms with Crippen molar-refractivity contribution in [3.05, 3.63) is 45.4 Å². The highest BCUT2D eigenvalue weighted by Gasteiger charge is 2.31. The van der Waals surface area contributed by atoms with Gasteiger partial charge in [-0.25, -0.2) is 9.78 Å². The fourth-order valence-corrected chi connectivity index (χ4v) is 3.68. The van der Waals surface area contributed by atoms with Crippen LogP contribution >= 0.6 is 11.3 Å². The van der Waals surface area contributed by atoms with E-state index < -0.39 is 5.60 Å². The molecule has 1 aliphatic heterocycles. The molecular weight excluding hydrogens is 322 g/mol. The van der Waals surface area contributed by atoms with E-state index in [9.17, 15) is 4.79 Å². The molecule has 0 saturated heterocycles. The number of ether oxygens (including phenoxy) is 1. The molecule has 6 heteroatoms. The smallest absolute Gasteiger partial charge is 0.318 e. The SMILES string of the molecule is Cc1nc(CNC(=O)N2Cc3ccccc3OC(C)(C)C2)sc1C. The number of hydrogen-bond donors (Lipinski definition) is 1. The molecule has 1 aromatic heterocycles. The molecule has 24 heavy (non-hydrogen) atoms. The number of para-hydroxylation sites is 1. The van der Waals surface area contributed by atoms with Gasteiger partial charge in [-0.15, -0.1) is 11.3 Å². The monoisotopic (exact) mass is 345 g/mol. The maximum absolute atomic E-state index is 12.6. The largest absolute Gasteiger partial charge is 0.486 e. The minimum Gasteiger partial charge on any atom is -0.486 e. The molecule has 1 aromatic carbocycles. The molecule has 0 bridgehead atoms. The summed E-state index contributed by atoms with van der Waals surface area (Å²) < 4.78 is 6.07. The van der Waals surface area contributed by atoms with Gasteiger partial charge in [-0.05, 0) is 33.8 Å². The fourth-order valence-electron chi connectivity index (χ4n) is 2.81. The summed E-state index contributed by atoms with van der Waals surface area (Å²) in [5.74, 6) is 0.851. The number of carbonyl (C=O) groups is 1. The number of benzene rings is 1. The lowest BCUT2D eigenvalue weighted by Crippen LogP contribution is -2.46. The Bertz CT molecular complexity index is 735. The Kier molecular flexibility index (Phi) is 4.49. The van der Waals surface area contributed by atoms with E-state index in [4.69, 9.17) is 4.74 Å². The number of carbonyl (C=O) groups excluding carboxylic acids is 1. The van der Waals surface area contributed by atoms with Gasteiger partial charge in [0.25, 0.3) is 0 Å². The predicted octanol–water partition coefficient (Wildman–Crippen LogP) is 3.64. The maximum Gasteiger partial charge on any atom is 0.318 e. The number of aryl methyl sites for hydroxylation is 2. The fraction of sp³-hybridized carbons (Fsp3) is 0.444. The topological polar surface area (TPSA) is 54.5 Å². The average Bonchev–Trinajstić information content (AvgIpc) is 2.75. The zero-order valence-electron chi connectivity index (χ0n) is 14.5. The molecule has 128 valence electrons. The summed E-state index contributed by atoms with van der Waals surface area (Å²) in [5, 5.41) is 3.92. The lowest BCUT2D eigenvalue weighted by Gasteiger charge is -2.29. The zero-order valence-corrected chi connectivity index (χ0v) is 15.4. The van der Waals surface area contributed by atoms with E-state index in [1.807, 2.05) is 52.0 Å². The van der Waals surface area contributed by atoms with Crippen molar-refractivity contribution in [3.8, 4) is 5.75 Å². The van der Waals surface area contributed by atoms with Gasteiger partial charge in [-0.2, -0.15) is 0 Å². The van der Waals surface area contributed by atoms with Crippen LogP contribution in [-0.2, 0) is 13.1 Å². The second-order valence-electron chi connectivity index (χ2n) is 6.73. The van der Waals surface area contributed by atoms with Crippen LogP contribution in [0.1, 0.15) is 35.0 Å². The van der Waals surface area contributed by atoms with Crippen LogP contribution in [0.3, 0.4) is 0 Å². The van der Waals surface area contributed by atoms with Gasteiger partial charge in [0, 0.05) is 10.4 Å². The molecule has 2 aromatic rings. The number of fused-ring (bicyclic) bond motifs is 1. The van der Waals surface area contributed by atoms with Crippen LogP contribution in [0.5, 0.6) is 5.75 Å². The summed E-state index contributed by atoms with van der Waals surface area (Å²) in [7, 11) is 0. The molecule has 1 N–H and O–H groups in total. The predicted molar refractivity (Wildman–Crippen MR) is 95.4 cm³/mol. The van der Waals surface area contributed by atoms with Gasteiger partial charge in [0.1, 0.15) is 16.4 Å². The van der Waals surface area contributed by atoms with Crippen LogP contribution < -0.4 is 10.1 Å². The molecule has 0 saturated carbocycles. The molecule has 0 radical (unpaired) electrons. The number of thiazole rings is 1. The standard InChI is InChI=1S/C18H23N3O2S/c1-12-13(2)24-16(20-12)9-19-17(22)21-10-14-7-5-6-8-15(14)23-18(3,4)11-21/h5-8H,9-11H2,1-4H3,(H,19,22). The Labute approximate surface area is 146 Å². The van der Waals surface area contributed by atoms with Crippen molar-refractivity contribution in [2.24, 2.45) is 0 Å². The number of urea groups is 1. The van der Waals surface area contributed by atoms with E-state index >= 15 is 0 Å². The van der Waals surface area contributed by atoms with Crippen molar-refractivity contribution in [2.75, 3.05) is 6.54 Å². The molecule has 2 amide bonds. The van der Waals surface area contributed by atoms with Crippen molar-refractivity contribution in [2.45, 2.75) is 46.4 Å². The van der Waals surface area contributed by atoms with Gasteiger partial charge in [-0.3, -0.25) is 0 Å². The van der Waals surface area contributed by atoms with Crippen molar-refractivity contribution in [1.82, 2.24) is 15.2 Å². The summed E-state index contributed by atoms with van der Waals surface area (Å²) in [6.07, 6.45) is 0. The minimum atomic E-state index is -0.432. The summed E-state index contributed by atoms with van der Waals surface area (Å²) in [6.45, 7) is 9.57. The maximum atomic E-state index is 12.6. The number of aromatic nitrogens is 1. The van der Waals surface area contributed by atoms with Crippen LogP contribution in [-0.4, -0.2) is 28.1 Å². The van der Waals surface area contributed by atoms with E-state index in [0.717, 1.165) is 22.0 Å². The molecule has 3 rings (SSSR count). The minimum absolute atomic E-state index is 0.0890. The molecule has 0 aliphatic carbocycles. The second kappa shape index (κ2) is 6.43. The molecule has 0 fully saturated rings. The van der Waals surface area contributed by atoms with E-state index in [0.29, 0.717) is 19.6 Å². The van der Waals surface area contributed by atoms with E-state index in [1.54, 1.807) is 16.2 Å². The first-order chi connectivity index (χ1) is 11.3. The first kappa shape index (κ1) is 16.8. The van der Waals surface area contributed by atoms with Gasteiger partial charge >= 0.3 is 6.03 Å². The van der Waals surface area contributed by atoms with Crippen LogP contribution in [0.25, 0.3) is 0 Å². The van der Waals surface area contributed by atoms with Gasteiger partial charge in [-0.1, -0.05) is 18.2 Å². The lowest BCUT2D eigenvalue weighted by molar-refractivity contribution is 0.0807. The normalized spacial score (nSPS) is 16.1. The summed E-state index contributed by atoms with van der Waals surface area (Å²) in [4.78, 5) is 20.1. The summed E-state index contributed by atoms with van der Waals surface area (Å²) in [6, 6.07) is 7.80. The van der Waals surface area contributed by atoms with Gasteiger partial charge in [0.2, 0.25) is 0 Å². The highest BCUT2D eigenvalue weighted by atomic mass is 32.1. The number of rotatable bonds is 2. The van der Waals surface area contributed by atoms with Crippen molar-refractivity contribution in [3.63, 3.8) is 0 Å². The Balaban J connectivity index is 1.72. The molecule has 0 spiro atoms. The van der Waals surface area contributed by atoms with E-state index in [-0.39, 0.29) is 6.03 Å². The number of amides is 2. The first-order valence-electron chi connectivity index (χ1n) is 8.07. The first-order valence-corrected chi connectivity index (χ1v) is 8.88. The number of hydrogen-bond acceptors (Lipinski definition) is 4. The lowest BCUT2D eigenvalue weighted by atomic mass is 10.1. The summed E-state index contributed by atoms with van der Waals surface area (Å²) in [5.41, 5.74) is 1.62. The second-order valence-corrected chi connectivity index (χ2v) is 8.02. The van der Waals surface area contributed by atoms with Crippen molar-refractivity contribution >= 4 is 17.4 Å². The molecule has 1 aliphatic rings. The Morgan fingerprint density at radius 1 is 1.38 bits per heavy atom. The quantitative estimate of drug-likeness (QED) is 0.904. The van der Waals surface area contributed by atoms with Crippen molar-refractivity contribution in [1.29, 1.82) is 0 Å². The van der Waals surface area contributed by atoms with Crippen LogP contribution in [0.4, 0.5) is 4.79 Å². The average molecular weight is 345 g/mol. The van der Waals surface area contributed by atoms with Crippen LogP contribution in [0, 0.1) is 13.8 Å². The zero-order chi connectivity index (χ0) is 17.3. The third kappa shape index (κ3) is 3.70. The van der Waals surface area contributed by atoms with Gasteiger partial charge < -0.3 is 15.0 Å². The molecular formula is C18H23N3O2S. The summed E-state index contributed by atoms with van der Waals surface area (Å²) >= 11 is 1.63. The Hall–Kier alpha value is -2.08. The Morgan fingerprint density at radius 3 is 2.83 bits per heavy atom. The Morgan fingerprint density at radius 2 is 2.12 bits per heavy atom. The third-order valence-corrected chi connectivity index (χ3v) is 5.12. The number of nitrogens with zero attached hydrogens (tertiary/aromatic N) is 2. The highest BCUT2D eigenvalue weighted by molar-refractivity contribution is 7.11. The molecule has 2 heterocycles. The van der Waals surface area contributed by atoms with E-state index in [1.165, 1.54) is 4.88 Å². The van der Waals surface area contributed by atoms with Crippen LogP contribution in [0.15, 0.2) is 24.3 Å². The van der Waals surface area contributed by atoms with Gasteiger partial charge in [0.05, 0.1) is 25.3 Å². The van der Waals surface area contributed by atoms with Crippen molar-refractivity contribution < 1.29 is 9.53 Å². The highest BCUT2D eigenvalue weighted by Crippen LogP contribution is 2.29. The third-order valence-electron chi connectivity index (χ3n) is 4.04. The van der Waals surface area contributed by atoms with Crippen LogP contribution in [0.2, 0.25) is 0 Å². The molecule has 0 atom stereocenters. The van der Waals surface area contributed by atoms with E-state index in [2.05, 4.69) is 10.3 Å². The molecule has 5 nitrogen and oxygen atoms in total. The molecule has 0 unspecified atom stereocenters. The number of nitrogens with one attached hydrogen (secondary N) is 1. The van der Waals surface area contributed by atoms with Gasteiger partial charge in [0.15, 0.2) is 0 Å².